The molecule has 1 unspecified atom stereocenters. The molecule has 7 heteroatoms. The van der Waals surface area contributed by atoms with Gasteiger partial charge in [0.05, 0.1) is 6.54 Å². The number of aromatic nitrogens is 1. The minimum atomic E-state index is 0.573. The van der Waals surface area contributed by atoms with Crippen LogP contribution in [-0.2, 0) is 0 Å². The summed E-state index contributed by atoms with van der Waals surface area (Å²) in [6, 6.07) is 0.573. The Balaban J connectivity index is 1.49. The first-order valence-corrected chi connectivity index (χ1v) is 9.59. The third-order valence-electron chi connectivity index (χ3n) is 4.91. The van der Waals surface area contributed by atoms with Gasteiger partial charge in [-0.25, -0.2) is 4.98 Å². The first-order valence-electron chi connectivity index (χ1n) is 8.71. The molecule has 2 aliphatic heterocycles. The van der Waals surface area contributed by atoms with Gasteiger partial charge in [-0.1, -0.05) is 13.3 Å². The largest absolute Gasteiger partial charge is 0.370 e. The fourth-order valence-electron chi connectivity index (χ4n) is 3.48. The molecule has 1 aromatic heterocycles. The van der Waals surface area contributed by atoms with Gasteiger partial charge in [0.15, 0.2) is 11.1 Å². The van der Waals surface area contributed by atoms with Crippen molar-refractivity contribution in [3.8, 4) is 0 Å². The molecule has 0 aromatic carbocycles. The second-order valence-corrected chi connectivity index (χ2v) is 7.14. The summed E-state index contributed by atoms with van der Waals surface area (Å²) < 4.78 is 0. The van der Waals surface area contributed by atoms with E-state index in [1.807, 2.05) is 11.6 Å². The third kappa shape index (κ3) is 4.14. The predicted molar refractivity (Wildman–Crippen MR) is 97.3 cm³/mol. The summed E-state index contributed by atoms with van der Waals surface area (Å²) in [6.45, 7) is 9.20. The fourth-order valence-corrected chi connectivity index (χ4v) is 4.18. The summed E-state index contributed by atoms with van der Waals surface area (Å²) in [5.74, 6) is 0.713. The number of guanidine groups is 1. The van der Waals surface area contributed by atoms with Crippen molar-refractivity contribution in [2.24, 2.45) is 10.7 Å². The summed E-state index contributed by atoms with van der Waals surface area (Å²) in [5.41, 5.74) is 6.24. The number of piperazine rings is 1. The molecule has 2 fully saturated rings. The van der Waals surface area contributed by atoms with Crippen molar-refractivity contribution in [2.75, 3.05) is 50.7 Å². The Bertz CT molecular complexity index is 495. The smallest absolute Gasteiger partial charge is 0.191 e. The molecule has 0 spiro atoms. The Morgan fingerprint density at radius 1 is 1.30 bits per heavy atom. The monoisotopic (exact) mass is 336 g/mol. The van der Waals surface area contributed by atoms with E-state index in [1.54, 1.807) is 11.3 Å². The van der Waals surface area contributed by atoms with Gasteiger partial charge in [-0.3, -0.25) is 9.89 Å². The molecule has 3 heterocycles. The van der Waals surface area contributed by atoms with Crippen molar-refractivity contribution >= 4 is 22.4 Å². The van der Waals surface area contributed by atoms with E-state index >= 15 is 0 Å². The molecule has 2 saturated heterocycles. The Morgan fingerprint density at radius 2 is 2.13 bits per heavy atom. The van der Waals surface area contributed by atoms with Gasteiger partial charge in [0.25, 0.3) is 0 Å². The fraction of sp³-hybridized carbons (Fsp3) is 0.750. The molecule has 1 atom stereocenters. The van der Waals surface area contributed by atoms with E-state index in [0.29, 0.717) is 12.0 Å². The topological polar surface area (TPSA) is 61.0 Å². The predicted octanol–water partition coefficient (Wildman–Crippen LogP) is 1.45. The average Bonchev–Trinajstić information content (AvgIpc) is 3.14. The maximum absolute atomic E-state index is 6.24. The van der Waals surface area contributed by atoms with Crippen LogP contribution < -0.4 is 10.6 Å². The molecule has 1 aromatic rings. The lowest BCUT2D eigenvalue weighted by Crippen LogP contribution is -2.51. The van der Waals surface area contributed by atoms with Gasteiger partial charge in [0.2, 0.25) is 0 Å². The van der Waals surface area contributed by atoms with Gasteiger partial charge in [-0.2, -0.15) is 0 Å². The number of thiazole rings is 1. The molecule has 6 nitrogen and oxygen atoms in total. The normalized spacial score (nSPS) is 24.2. The van der Waals surface area contributed by atoms with Crippen molar-refractivity contribution in [3.05, 3.63) is 11.6 Å². The van der Waals surface area contributed by atoms with Crippen LogP contribution in [-0.4, -0.2) is 72.6 Å². The van der Waals surface area contributed by atoms with Crippen LogP contribution in [0.3, 0.4) is 0 Å². The zero-order valence-corrected chi connectivity index (χ0v) is 14.8. The molecule has 128 valence electrons. The van der Waals surface area contributed by atoms with Crippen LogP contribution in [0.2, 0.25) is 0 Å². The van der Waals surface area contributed by atoms with Gasteiger partial charge in [-0.05, 0) is 25.9 Å². The molecular weight excluding hydrogens is 308 g/mol. The quantitative estimate of drug-likeness (QED) is 0.666. The second kappa shape index (κ2) is 7.97. The average molecular weight is 337 g/mol. The highest BCUT2D eigenvalue weighted by Gasteiger charge is 2.22. The van der Waals surface area contributed by atoms with Crippen LogP contribution >= 0.6 is 11.3 Å². The summed E-state index contributed by atoms with van der Waals surface area (Å²) in [7, 11) is 0. The van der Waals surface area contributed by atoms with Crippen LogP contribution in [0.15, 0.2) is 16.6 Å². The maximum Gasteiger partial charge on any atom is 0.191 e. The second-order valence-electron chi connectivity index (χ2n) is 6.27. The van der Waals surface area contributed by atoms with E-state index in [2.05, 4.69) is 26.6 Å². The lowest BCUT2D eigenvalue weighted by atomic mass is 10.0. The van der Waals surface area contributed by atoms with E-state index in [4.69, 9.17) is 10.7 Å². The maximum atomic E-state index is 6.24. The van der Waals surface area contributed by atoms with Crippen LogP contribution in [0.5, 0.6) is 0 Å². The standard InChI is InChI=1S/C16H28N6S/c1-2-20-7-4-3-5-14(20)13-19-15(17)21-8-10-22(11-9-21)16-18-6-12-23-16/h6,12,14H,2-5,7-11,13H2,1H3,(H2,17,19). The van der Waals surface area contributed by atoms with Gasteiger partial charge < -0.3 is 15.5 Å². The molecule has 0 radical (unpaired) electrons. The van der Waals surface area contributed by atoms with Gasteiger partial charge >= 0.3 is 0 Å². The van der Waals surface area contributed by atoms with E-state index in [1.165, 1.54) is 25.8 Å². The van der Waals surface area contributed by atoms with Gasteiger partial charge in [-0.15, -0.1) is 11.3 Å². The van der Waals surface area contributed by atoms with Gasteiger partial charge in [0.1, 0.15) is 0 Å². The molecule has 0 bridgehead atoms. The Labute approximate surface area is 143 Å². The molecule has 0 aliphatic carbocycles. The lowest BCUT2D eigenvalue weighted by Gasteiger charge is -2.36. The highest BCUT2D eigenvalue weighted by atomic mass is 32.1. The molecule has 0 amide bonds. The zero-order chi connectivity index (χ0) is 16.1. The van der Waals surface area contributed by atoms with Crippen LogP contribution in [0, 0.1) is 0 Å². The van der Waals surface area contributed by atoms with Crippen molar-refractivity contribution < 1.29 is 0 Å². The number of nitrogens with zero attached hydrogens (tertiary/aromatic N) is 5. The number of likely N-dealkylation sites (tertiary alicyclic amines) is 1. The Kier molecular flexibility index (Phi) is 5.72. The number of aliphatic imine (C=N–C) groups is 1. The minimum Gasteiger partial charge on any atom is -0.370 e. The minimum absolute atomic E-state index is 0.573. The Hall–Kier alpha value is -1.34. The summed E-state index contributed by atoms with van der Waals surface area (Å²) in [4.78, 5) is 16.2. The molecule has 23 heavy (non-hydrogen) atoms. The highest BCUT2D eigenvalue weighted by Crippen LogP contribution is 2.19. The summed E-state index contributed by atoms with van der Waals surface area (Å²) in [5, 5.41) is 3.14. The number of rotatable bonds is 4. The Morgan fingerprint density at radius 3 is 2.83 bits per heavy atom. The molecule has 2 N–H and O–H groups in total. The van der Waals surface area contributed by atoms with Crippen molar-refractivity contribution in [1.82, 2.24) is 14.8 Å². The SMILES string of the molecule is CCN1CCCCC1CN=C(N)N1CCN(c2nccs2)CC1. The van der Waals surface area contributed by atoms with Crippen LogP contribution in [0.4, 0.5) is 5.13 Å². The number of piperidine rings is 1. The number of nitrogens with two attached hydrogens (primary N) is 1. The summed E-state index contributed by atoms with van der Waals surface area (Å²) >= 11 is 1.70. The molecule has 3 rings (SSSR count). The number of hydrogen-bond donors (Lipinski definition) is 1. The summed E-state index contributed by atoms with van der Waals surface area (Å²) in [6.07, 6.45) is 5.76. The number of likely N-dealkylation sites (N-methyl/N-ethyl adjacent to an activating group) is 1. The molecule has 2 aliphatic rings. The van der Waals surface area contributed by atoms with E-state index in [-0.39, 0.29) is 0 Å². The lowest BCUT2D eigenvalue weighted by molar-refractivity contribution is 0.161. The van der Waals surface area contributed by atoms with E-state index in [0.717, 1.165) is 44.4 Å². The zero-order valence-electron chi connectivity index (χ0n) is 14.0. The van der Waals surface area contributed by atoms with Crippen molar-refractivity contribution in [1.29, 1.82) is 0 Å². The molecular formula is C16H28N6S. The van der Waals surface area contributed by atoms with E-state index < -0.39 is 0 Å². The van der Waals surface area contributed by atoms with E-state index in [9.17, 15) is 0 Å². The van der Waals surface area contributed by atoms with Crippen LogP contribution in [0.25, 0.3) is 0 Å². The number of anilines is 1. The molecule has 0 saturated carbocycles. The third-order valence-corrected chi connectivity index (χ3v) is 5.74. The van der Waals surface area contributed by atoms with Crippen molar-refractivity contribution in [2.45, 2.75) is 32.2 Å². The van der Waals surface area contributed by atoms with Gasteiger partial charge in [0, 0.05) is 43.8 Å². The number of hydrogen-bond acceptors (Lipinski definition) is 5. The first-order chi connectivity index (χ1) is 11.3. The van der Waals surface area contributed by atoms with Crippen LogP contribution in [0.1, 0.15) is 26.2 Å². The highest BCUT2D eigenvalue weighted by molar-refractivity contribution is 7.13. The van der Waals surface area contributed by atoms with Crippen molar-refractivity contribution in [3.63, 3.8) is 0 Å². The first kappa shape index (κ1) is 16.5.